The van der Waals surface area contributed by atoms with Crippen molar-refractivity contribution in [2.24, 2.45) is 5.92 Å². The topological polar surface area (TPSA) is 58.2 Å². The number of hydrogen-bond acceptors (Lipinski definition) is 3. The summed E-state index contributed by atoms with van der Waals surface area (Å²) in [6.45, 7) is 3.75. The molecule has 0 spiro atoms. The fraction of sp³-hybridized carbons (Fsp3) is 0.500. The quantitative estimate of drug-likeness (QED) is 0.884. The Balaban J connectivity index is 0.00000162. The van der Waals surface area contributed by atoms with Crippen molar-refractivity contribution in [1.29, 1.82) is 0 Å². The van der Waals surface area contributed by atoms with Crippen molar-refractivity contribution in [1.82, 2.24) is 10.0 Å². The Morgan fingerprint density at radius 1 is 1.28 bits per heavy atom. The van der Waals surface area contributed by atoms with Gasteiger partial charge in [0.05, 0.1) is 4.90 Å². The van der Waals surface area contributed by atoms with E-state index in [0.717, 1.165) is 13.0 Å². The summed E-state index contributed by atoms with van der Waals surface area (Å²) >= 11 is 0. The van der Waals surface area contributed by atoms with Gasteiger partial charge in [0.15, 0.2) is 0 Å². The highest BCUT2D eigenvalue weighted by molar-refractivity contribution is 7.89. The fourth-order valence-electron chi connectivity index (χ4n) is 2.01. The third-order valence-corrected chi connectivity index (χ3v) is 4.69. The number of halogens is 1. The molecule has 1 fully saturated rings. The molecular formula is C12H19ClN2O2S. The van der Waals surface area contributed by atoms with Gasteiger partial charge < -0.3 is 5.32 Å². The maximum absolute atomic E-state index is 12.1. The molecule has 1 aromatic rings. The van der Waals surface area contributed by atoms with Gasteiger partial charge in [-0.05, 0) is 31.0 Å². The average Bonchev–Trinajstić information content (AvgIpc) is 2.33. The lowest BCUT2D eigenvalue weighted by atomic mass is 9.96. The molecule has 2 unspecified atom stereocenters. The molecule has 18 heavy (non-hydrogen) atoms. The van der Waals surface area contributed by atoms with Crippen molar-refractivity contribution in [3.05, 3.63) is 30.3 Å². The summed E-state index contributed by atoms with van der Waals surface area (Å²) in [6.07, 6.45) is 1.00. The van der Waals surface area contributed by atoms with Crippen LogP contribution in [0.4, 0.5) is 0 Å². The van der Waals surface area contributed by atoms with Gasteiger partial charge in [-0.3, -0.25) is 0 Å². The van der Waals surface area contributed by atoms with Crippen LogP contribution in [0.15, 0.2) is 35.2 Å². The second-order valence-corrected chi connectivity index (χ2v) is 6.22. The van der Waals surface area contributed by atoms with Crippen molar-refractivity contribution >= 4 is 22.4 Å². The van der Waals surface area contributed by atoms with Gasteiger partial charge in [0.1, 0.15) is 0 Å². The van der Waals surface area contributed by atoms with Crippen LogP contribution in [0.25, 0.3) is 0 Å². The molecule has 1 aliphatic rings. The third-order valence-electron chi connectivity index (χ3n) is 3.19. The number of rotatable bonds is 3. The summed E-state index contributed by atoms with van der Waals surface area (Å²) in [6, 6.07) is 8.49. The first-order valence-electron chi connectivity index (χ1n) is 5.88. The fourth-order valence-corrected chi connectivity index (χ4v) is 3.38. The number of hydrogen-bond donors (Lipinski definition) is 2. The minimum Gasteiger partial charge on any atom is -0.315 e. The highest BCUT2D eigenvalue weighted by Crippen LogP contribution is 2.15. The van der Waals surface area contributed by atoms with Gasteiger partial charge in [-0.1, -0.05) is 25.1 Å². The van der Waals surface area contributed by atoms with Crippen LogP contribution in [-0.4, -0.2) is 27.5 Å². The van der Waals surface area contributed by atoms with E-state index in [-0.39, 0.29) is 18.4 Å². The second kappa shape index (κ2) is 6.52. The van der Waals surface area contributed by atoms with E-state index in [1.165, 1.54) is 0 Å². The Hall–Kier alpha value is -0.620. The van der Waals surface area contributed by atoms with Gasteiger partial charge in [-0.25, -0.2) is 13.1 Å². The lowest BCUT2D eigenvalue weighted by molar-refractivity contribution is 0.327. The van der Waals surface area contributed by atoms with Gasteiger partial charge in [-0.15, -0.1) is 12.4 Å². The largest absolute Gasteiger partial charge is 0.315 e. The minimum absolute atomic E-state index is 0. The Bertz CT molecular complexity index is 464. The summed E-state index contributed by atoms with van der Waals surface area (Å²) in [5.41, 5.74) is 0. The summed E-state index contributed by atoms with van der Waals surface area (Å²) in [5, 5.41) is 3.21. The van der Waals surface area contributed by atoms with Crippen LogP contribution in [0.3, 0.4) is 0 Å². The van der Waals surface area contributed by atoms with E-state index in [0.29, 0.717) is 17.4 Å². The van der Waals surface area contributed by atoms with Crippen LogP contribution < -0.4 is 10.0 Å². The third kappa shape index (κ3) is 3.68. The van der Waals surface area contributed by atoms with Crippen LogP contribution in [0.1, 0.15) is 13.3 Å². The molecule has 0 aliphatic carbocycles. The summed E-state index contributed by atoms with van der Waals surface area (Å²) in [5.74, 6) is 0.370. The normalized spacial score (nSPS) is 24.3. The monoisotopic (exact) mass is 290 g/mol. The second-order valence-electron chi connectivity index (χ2n) is 4.51. The van der Waals surface area contributed by atoms with Crippen molar-refractivity contribution in [3.63, 3.8) is 0 Å². The van der Waals surface area contributed by atoms with E-state index in [9.17, 15) is 8.42 Å². The van der Waals surface area contributed by atoms with Crippen molar-refractivity contribution < 1.29 is 8.42 Å². The Morgan fingerprint density at radius 3 is 2.56 bits per heavy atom. The van der Waals surface area contributed by atoms with E-state index < -0.39 is 10.0 Å². The first-order chi connectivity index (χ1) is 8.09. The Kier molecular flexibility index (Phi) is 5.59. The highest BCUT2D eigenvalue weighted by atomic mass is 35.5. The lowest BCUT2D eigenvalue weighted by Crippen LogP contribution is -2.50. The van der Waals surface area contributed by atoms with E-state index in [1.807, 2.05) is 6.07 Å². The molecule has 0 bridgehead atoms. The smallest absolute Gasteiger partial charge is 0.240 e. The molecule has 0 aromatic heterocycles. The molecule has 1 aliphatic heterocycles. The lowest BCUT2D eigenvalue weighted by Gasteiger charge is -2.29. The molecule has 2 rings (SSSR count). The standard InChI is InChI=1S/C12H18N2O2S.ClH/c1-10-7-8-13-9-12(10)14-17(15,16)11-5-3-2-4-6-11;/h2-6,10,12-14H,7-9H2,1H3;1H. The van der Waals surface area contributed by atoms with E-state index in [4.69, 9.17) is 0 Å². The molecule has 2 N–H and O–H groups in total. The Labute approximate surface area is 115 Å². The minimum atomic E-state index is -3.38. The summed E-state index contributed by atoms with van der Waals surface area (Å²) in [4.78, 5) is 0.331. The van der Waals surface area contributed by atoms with Gasteiger partial charge >= 0.3 is 0 Å². The molecule has 0 amide bonds. The summed E-state index contributed by atoms with van der Waals surface area (Å²) in [7, 11) is -3.38. The maximum atomic E-state index is 12.1. The highest BCUT2D eigenvalue weighted by Gasteiger charge is 2.26. The SMILES string of the molecule is CC1CCNCC1NS(=O)(=O)c1ccccc1.Cl. The van der Waals surface area contributed by atoms with Crippen LogP contribution >= 0.6 is 12.4 Å². The predicted molar refractivity (Wildman–Crippen MR) is 74.5 cm³/mol. The van der Waals surface area contributed by atoms with Crippen LogP contribution in [0.2, 0.25) is 0 Å². The number of nitrogens with one attached hydrogen (secondary N) is 2. The van der Waals surface area contributed by atoms with Gasteiger partial charge in [0, 0.05) is 12.6 Å². The summed E-state index contributed by atoms with van der Waals surface area (Å²) < 4.78 is 27.0. The molecular weight excluding hydrogens is 272 g/mol. The van der Waals surface area contributed by atoms with Gasteiger partial charge in [0.2, 0.25) is 10.0 Å². The molecule has 1 aromatic carbocycles. The molecule has 102 valence electrons. The molecule has 0 radical (unpaired) electrons. The Morgan fingerprint density at radius 2 is 1.94 bits per heavy atom. The molecule has 1 heterocycles. The first-order valence-corrected chi connectivity index (χ1v) is 7.36. The van der Waals surface area contributed by atoms with Crippen molar-refractivity contribution in [2.45, 2.75) is 24.3 Å². The molecule has 6 heteroatoms. The van der Waals surface area contributed by atoms with Crippen molar-refractivity contribution in [3.8, 4) is 0 Å². The number of benzene rings is 1. The molecule has 2 atom stereocenters. The number of piperidine rings is 1. The zero-order valence-electron chi connectivity index (χ0n) is 10.3. The van der Waals surface area contributed by atoms with E-state index in [1.54, 1.807) is 24.3 Å². The van der Waals surface area contributed by atoms with Gasteiger partial charge in [-0.2, -0.15) is 0 Å². The van der Waals surface area contributed by atoms with E-state index >= 15 is 0 Å². The van der Waals surface area contributed by atoms with Gasteiger partial charge in [0.25, 0.3) is 0 Å². The zero-order valence-corrected chi connectivity index (χ0v) is 11.9. The van der Waals surface area contributed by atoms with Crippen LogP contribution in [0, 0.1) is 5.92 Å². The van der Waals surface area contributed by atoms with E-state index in [2.05, 4.69) is 17.0 Å². The average molecular weight is 291 g/mol. The molecule has 0 saturated carbocycles. The van der Waals surface area contributed by atoms with Crippen LogP contribution in [0.5, 0.6) is 0 Å². The molecule has 4 nitrogen and oxygen atoms in total. The first kappa shape index (κ1) is 15.4. The zero-order chi connectivity index (χ0) is 12.3. The van der Waals surface area contributed by atoms with Crippen molar-refractivity contribution in [2.75, 3.05) is 13.1 Å². The van der Waals surface area contributed by atoms with Crippen LogP contribution in [-0.2, 0) is 10.0 Å². The predicted octanol–water partition coefficient (Wildman–Crippen LogP) is 1.38. The molecule has 1 saturated heterocycles. The maximum Gasteiger partial charge on any atom is 0.240 e. The number of sulfonamides is 1.